The Balaban J connectivity index is 1.44. The van der Waals surface area contributed by atoms with Crippen molar-refractivity contribution in [2.24, 2.45) is 0 Å². The standard InChI is InChI=1S/C19H18ClF4N3O2/c1-18(27-17(28)10-29-13-3-4-14(20)15(21)6-13)7-12(8-18)26-11-2-5-16(25-9-11)19(22,23)24/h2-6,9,12,26H,7-8,10H2,1H3,(H,27,28). The molecule has 2 aromatic rings. The van der Waals surface area contributed by atoms with E-state index in [0.29, 0.717) is 18.5 Å². The van der Waals surface area contributed by atoms with Crippen LogP contribution in [-0.2, 0) is 11.0 Å². The van der Waals surface area contributed by atoms with Gasteiger partial charge in [-0.3, -0.25) is 4.79 Å². The van der Waals surface area contributed by atoms with Crippen molar-refractivity contribution >= 4 is 23.2 Å². The molecule has 0 spiro atoms. The molecule has 3 rings (SSSR count). The highest BCUT2D eigenvalue weighted by atomic mass is 35.5. The summed E-state index contributed by atoms with van der Waals surface area (Å²) in [4.78, 5) is 15.5. The van der Waals surface area contributed by atoms with Gasteiger partial charge in [0.1, 0.15) is 17.3 Å². The number of amides is 1. The van der Waals surface area contributed by atoms with Gasteiger partial charge in [-0.05, 0) is 44.0 Å². The number of pyridine rings is 1. The van der Waals surface area contributed by atoms with Gasteiger partial charge in [-0.1, -0.05) is 11.6 Å². The Morgan fingerprint density at radius 1 is 1.31 bits per heavy atom. The Hall–Kier alpha value is -2.55. The zero-order valence-corrected chi connectivity index (χ0v) is 16.1. The maximum atomic E-state index is 13.4. The number of anilines is 1. The Labute approximate surface area is 169 Å². The number of ether oxygens (including phenoxy) is 1. The summed E-state index contributed by atoms with van der Waals surface area (Å²) in [6.07, 6.45) is -2.18. The van der Waals surface area contributed by atoms with Crippen LogP contribution in [0.4, 0.5) is 23.2 Å². The van der Waals surface area contributed by atoms with Crippen molar-refractivity contribution < 1.29 is 27.1 Å². The van der Waals surface area contributed by atoms with Crippen LogP contribution in [0.25, 0.3) is 0 Å². The van der Waals surface area contributed by atoms with Crippen LogP contribution in [0.1, 0.15) is 25.5 Å². The molecule has 29 heavy (non-hydrogen) atoms. The van der Waals surface area contributed by atoms with Gasteiger partial charge >= 0.3 is 6.18 Å². The Kier molecular flexibility index (Phi) is 5.88. The van der Waals surface area contributed by atoms with E-state index >= 15 is 0 Å². The monoisotopic (exact) mass is 431 g/mol. The second-order valence-corrected chi connectivity index (χ2v) is 7.56. The number of hydrogen-bond donors (Lipinski definition) is 2. The predicted octanol–water partition coefficient (Wildman–Crippen LogP) is 4.42. The molecule has 1 aromatic heterocycles. The molecule has 0 radical (unpaired) electrons. The highest BCUT2D eigenvalue weighted by molar-refractivity contribution is 6.30. The van der Waals surface area contributed by atoms with E-state index in [4.69, 9.17) is 16.3 Å². The lowest BCUT2D eigenvalue weighted by Gasteiger charge is -2.46. The number of rotatable bonds is 6. The SMILES string of the molecule is CC1(NC(=O)COc2ccc(Cl)c(F)c2)CC(Nc2ccc(C(F)(F)F)nc2)C1. The summed E-state index contributed by atoms with van der Waals surface area (Å²) in [6.45, 7) is 1.58. The Bertz CT molecular complexity index is 884. The lowest BCUT2D eigenvalue weighted by molar-refractivity contribution is -0.141. The van der Waals surface area contributed by atoms with Crippen LogP contribution >= 0.6 is 11.6 Å². The summed E-state index contributed by atoms with van der Waals surface area (Å²) in [5.41, 5.74) is -0.943. The predicted molar refractivity (Wildman–Crippen MR) is 99.3 cm³/mol. The fraction of sp³-hybridized carbons (Fsp3) is 0.368. The number of carbonyl (C=O) groups excluding carboxylic acids is 1. The van der Waals surface area contributed by atoms with Gasteiger partial charge in [-0.25, -0.2) is 9.37 Å². The molecule has 1 heterocycles. The van der Waals surface area contributed by atoms with Crippen LogP contribution in [0.2, 0.25) is 5.02 Å². The lowest BCUT2D eigenvalue weighted by atomic mass is 9.74. The Morgan fingerprint density at radius 3 is 2.62 bits per heavy atom. The molecule has 2 N–H and O–H groups in total. The van der Waals surface area contributed by atoms with Crippen LogP contribution in [-0.4, -0.2) is 29.1 Å². The van der Waals surface area contributed by atoms with Crippen molar-refractivity contribution in [3.05, 3.63) is 53.1 Å². The van der Waals surface area contributed by atoms with E-state index in [0.717, 1.165) is 18.3 Å². The van der Waals surface area contributed by atoms with Crippen molar-refractivity contribution in [1.29, 1.82) is 0 Å². The fourth-order valence-corrected chi connectivity index (χ4v) is 3.32. The molecule has 0 atom stereocenters. The van der Waals surface area contributed by atoms with Crippen LogP contribution in [0.3, 0.4) is 0 Å². The van der Waals surface area contributed by atoms with E-state index in [1.165, 1.54) is 18.2 Å². The second kappa shape index (κ2) is 8.06. The molecule has 0 aliphatic heterocycles. The van der Waals surface area contributed by atoms with E-state index in [1.807, 2.05) is 6.92 Å². The quantitative estimate of drug-likeness (QED) is 0.665. The van der Waals surface area contributed by atoms with Crippen LogP contribution in [0.15, 0.2) is 36.5 Å². The van der Waals surface area contributed by atoms with Crippen molar-refractivity contribution in [2.45, 2.75) is 37.5 Å². The molecule has 1 saturated carbocycles. The minimum absolute atomic E-state index is 0.00915. The van der Waals surface area contributed by atoms with E-state index in [9.17, 15) is 22.4 Å². The first kappa shape index (κ1) is 21.2. The van der Waals surface area contributed by atoms with Crippen molar-refractivity contribution in [2.75, 3.05) is 11.9 Å². The number of alkyl halides is 3. The summed E-state index contributed by atoms with van der Waals surface area (Å²) < 4.78 is 56.2. The molecular weight excluding hydrogens is 414 g/mol. The molecule has 1 amide bonds. The summed E-state index contributed by atoms with van der Waals surface area (Å²) in [5.74, 6) is -0.810. The highest BCUT2D eigenvalue weighted by Crippen LogP contribution is 2.34. The maximum Gasteiger partial charge on any atom is 0.433 e. The molecular formula is C19H18ClF4N3O2. The van der Waals surface area contributed by atoms with Crippen molar-refractivity contribution in [3.8, 4) is 5.75 Å². The fourth-order valence-electron chi connectivity index (χ4n) is 3.20. The minimum Gasteiger partial charge on any atom is -0.484 e. The summed E-state index contributed by atoms with van der Waals surface area (Å²) in [7, 11) is 0. The van der Waals surface area contributed by atoms with Gasteiger partial charge in [-0.15, -0.1) is 0 Å². The second-order valence-electron chi connectivity index (χ2n) is 7.15. The summed E-state index contributed by atoms with van der Waals surface area (Å²) in [5, 5.41) is 5.90. The average molecular weight is 432 g/mol. The van der Waals surface area contributed by atoms with Gasteiger partial charge in [0.2, 0.25) is 0 Å². The van der Waals surface area contributed by atoms with Crippen molar-refractivity contribution in [3.63, 3.8) is 0 Å². The van der Waals surface area contributed by atoms with E-state index in [2.05, 4.69) is 15.6 Å². The number of aromatic nitrogens is 1. The van der Waals surface area contributed by atoms with Gasteiger partial charge in [0.05, 0.1) is 16.9 Å². The van der Waals surface area contributed by atoms with Gasteiger partial charge in [0.25, 0.3) is 5.91 Å². The molecule has 1 aliphatic rings. The van der Waals surface area contributed by atoms with Gasteiger partial charge in [0, 0.05) is 17.6 Å². The third-order valence-electron chi connectivity index (χ3n) is 4.52. The normalized spacial score (nSPS) is 21.2. The number of carbonyl (C=O) groups is 1. The smallest absolute Gasteiger partial charge is 0.433 e. The molecule has 156 valence electrons. The van der Waals surface area contributed by atoms with Crippen LogP contribution in [0, 0.1) is 5.82 Å². The third-order valence-corrected chi connectivity index (χ3v) is 4.83. The number of nitrogens with zero attached hydrogens (tertiary/aromatic N) is 1. The molecule has 10 heteroatoms. The maximum absolute atomic E-state index is 13.4. The number of nitrogens with one attached hydrogen (secondary N) is 2. The van der Waals surface area contributed by atoms with Gasteiger partial charge < -0.3 is 15.4 Å². The van der Waals surface area contributed by atoms with Gasteiger partial charge in [0.15, 0.2) is 6.61 Å². The van der Waals surface area contributed by atoms with Crippen LogP contribution in [0.5, 0.6) is 5.75 Å². The molecule has 0 unspecified atom stereocenters. The average Bonchev–Trinajstić information content (AvgIpc) is 2.61. The molecule has 0 bridgehead atoms. The first-order valence-corrected chi connectivity index (χ1v) is 9.10. The number of hydrogen-bond acceptors (Lipinski definition) is 4. The molecule has 1 aromatic carbocycles. The van der Waals surface area contributed by atoms with Crippen molar-refractivity contribution in [1.82, 2.24) is 10.3 Å². The summed E-state index contributed by atoms with van der Waals surface area (Å²) in [6, 6.07) is 6.12. The molecule has 5 nitrogen and oxygen atoms in total. The third kappa shape index (κ3) is 5.50. The number of benzene rings is 1. The first-order valence-electron chi connectivity index (χ1n) is 8.73. The summed E-state index contributed by atoms with van der Waals surface area (Å²) >= 11 is 5.59. The van der Waals surface area contributed by atoms with E-state index < -0.39 is 23.2 Å². The minimum atomic E-state index is -4.47. The van der Waals surface area contributed by atoms with Gasteiger partial charge in [-0.2, -0.15) is 13.2 Å². The zero-order valence-electron chi connectivity index (χ0n) is 15.3. The number of halogens is 5. The molecule has 0 saturated heterocycles. The highest BCUT2D eigenvalue weighted by Gasteiger charge is 2.41. The van der Waals surface area contributed by atoms with E-state index in [-0.39, 0.29) is 29.3 Å². The largest absolute Gasteiger partial charge is 0.484 e. The molecule has 1 fully saturated rings. The topological polar surface area (TPSA) is 63.2 Å². The lowest BCUT2D eigenvalue weighted by Crippen LogP contribution is -2.60. The van der Waals surface area contributed by atoms with E-state index in [1.54, 1.807) is 0 Å². The first-order chi connectivity index (χ1) is 13.5. The van der Waals surface area contributed by atoms with Crippen LogP contribution < -0.4 is 15.4 Å². The molecule has 1 aliphatic carbocycles. The Morgan fingerprint density at radius 2 is 2.03 bits per heavy atom. The zero-order chi connectivity index (χ0) is 21.2.